The number of anilines is 1. The number of halogens is 1. The smallest absolute Gasteiger partial charge is 0.338 e. The van der Waals surface area contributed by atoms with Gasteiger partial charge in [-0.25, -0.2) is 39.1 Å². The monoisotopic (exact) mass is 919 g/mol. The molecule has 4 atom stereocenters. The van der Waals surface area contributed by atoms with Crippen molar-refractivity contribution >= 4 is 28.5 Å². The number of ether oxygens (including phenoxy) is 1. The topological polar surface area (TPSA) is 162 Å². The Balaban J connectivity index is 1.02. The third-order valence-electron chi connectivity index (χ3n) is 14.6. The maximum absolute atomic E-state index is 15.6. The van der Waals surface area contributed by atoms with Gasteiger partial charge in [0.25, 0.3) is 12.3 Å². The molecule has 1 saturated carbocycles. The van der Waals surface area contributed by atoms with Gasteiger partial charge >= 0.3 is 5.69 Å². The van der Waals surface area contributed by atoms with Crippen LogP contribution in [0.15, 0.2) is 89.2 Å². The number of aromatic nitrogens is 7. The van der Waals surface area contributed by atoms with Gasteiger partial charge in [0.2, 0.25) is 0 Å². The lowest BCUT2D eigenvalue weighted by molar-refractivity contribution is -0.103. The minimum absolute atomic E-state index is 0.0666. The van der Waals surface area contributed by atoms with Gasteiger partial charge in [-0.2, -0.15) is 5.10 Å². The van der Waals surface area contributed by atoms with E-state index in [1.54, 1.807) is 58.5 Å². The van der Waals surface area contributed by atoms with Gasteiger partial charge in [0.1, 0.15) is 35.0 Å². The Hall–Kier alpha value is -6.95. The second-order valence-electron chi connectivity index (χ2n) is 19.0. The second-order valence-corrected chi connectivity index (χ2v) is 19.0. The largest absolute Gasteiger partial charge is 0.381 e. The minimum atomic E-state index is -1.36. The molecular formula is C51H54FN11O5. The number of aryl methyl sites for hydroxylation is 3. The van der Waals surface area contributed by atoms with Crippen molar-refractivity contribution in [1.82, 2.24) is 43.8 Å². The average Bonchev–Trinajstić information content (AvgIpc) is 3.83. The van der Waals surface area contributed by atoms with Gasteiger partial charge in [-0.3, -0.25) is 13.9 Å². The number of hydrogen-bond donors (Lipinski definition) is 2. The number of carbonyl (C=O) groups is 1. The van der Waals surface area contributed by atoms with E-state index in [9.17, 15) is 9.90 Å². The predicted octanol–water partition coefficient (Wildman–Crippen LogP) is 6.95. The summed E-state index contributed by atoms with van der Waals surface area (Å²) in [6, 6.07) is 19.1. The molecule has 2 N–H and O–H groups in total. The quantitative estimate of drug-likeness (QED) is 0.155. The van der Waals surface area contributed by atoms with E-state index in [0.717, 1.165) is 52.1 Å². The molecule has 68 heavy (non-hydrogen) atoms. The Morgan fingerprint density at radius 2 is 1.66 bits per heavy atom. The number of aliphatic hydroxyl groups is 1. The van der Waals surface area contributed by atoms with E-state index in [2.05, 4.69) is 50.1 Å². The van der Waals surface area contributed by atoms with Crippen molar-refractivity contribution in [2.75, 3.05) is 38.8 Å². The fraction of sp³-hybridized carbons (Fsp3) is 0.373. The van der Waals surface area contributed by atoms with E-state index in [-0.39, 0.29) is 23.3 Å². The van der Waals surface area contributed by atoms with Crippen LogP contribution in [0.1, 0.15) is 89.1 Å². The molecule has 3 aliphatic heterocycles. The van der Waals surface area contributed by atoms with Gasteiger partial charge in [-0.15, -0.1) is 0 Å². The molecule has 2 fully saturated rings. The molecule has 0 spiro atoms. The van der Waals surface area contributed by atoms with E-state index in [4.69, 9.17) is 14.7 Å². The number of nitrogens with zero attached hydrogens (tertiary/aromatic N) is 10. The maximum atomic E-state index is 15.6. The van der Waals surface area contributed by atoms with Crippen molar-refractivity contribution in [3.05, 3.63) is 135 Å². The van der Waals surface area contributed by atoms with E-state index in [1.165, 1.54) is 5.56 Å². The molecule has 1 saturated heterocycles. The van der Waals surface area contributed by atoms with Gasteiger partial charge in [0, 0.05) is 80.8 Å². The maximum Gasteiger partial charge on any atom is 0.338 e. The molecule has 3 aromatic carbocycles. The average molecular weight is 920 g/mol. The van der Waals surface area contributed by atoms with Gasteiger partial charge in [0.05, 0.1) is 28.8 Å². The van der Waals surface area contributed by atoms with Crippen molar-refractivity contribution in [2.24, 2.45) is 10.9 Å². The Kier molecular flexibility index (Phi) is 10.5. The van der Waals surface area contributed by atoms with Crippen LogP contribution in [0.2, 0.25) is 0 Å². The van der Waals surface area contributed by atoms with Gasteiger partial charge in [-0.1, -0.05) is 19.1 Å². The predicted molar refractivity (Wildman–Crippen MR) is 255 cm³/mol. The number of aliphatic hydroxyl groups excluding tert-OH is 1. The van der Waals surface area contributed by atoms with E-state index >= 15 is 9.18 Å². The summed E-state index contributed by atoms with van der Waals surface area (Å²) in [6.45, 7) is 11.3. The Labute approximate surface area is 392 Å². The number of benzene rings is 3. The first-order valence-corrected chi connectivity index (χ1v) is 23.3. The van der Waals surface area contributed by atoms with Crippen molar-refractivity contribution < 1.29 is 23.9 Å². The summed E-state index contributed by atoms with van der Waals surface area (Å²) in [5.41, 5.74) is 10.5. The number of hydrogen-bond acceptors (Lipinski definition) is 11. The fourth-order valence-electron chi connectivity index (χ4n) is 10.8. The molecule has 1 unspecified atom stereocenters. The lowest BCUT2D eigenvalue weighted by Crippen LogP contribution is -2.43. The van der Waals surface area contributed by atoms with Crippen molar-refractivity contribution in [3.8, 4) is 28.5 Å². The molecule has 1 amide bonds. The molecule has 11 rings (SSSR count). The first-order valence-electron chi connectivity index (χ1n) is 23.3. The van der Waals surface area contributed by atoms with Crippen LogP contribution in [0.25, 0.3) is 39.4 Å². The summed E-state index contributed by atoms with van der Waals surface area (Å²) in [5, 5.41) is 16.5. The third-order valence-corrected chi connectivity index (χ3v) is 14.6. The molecular weight excluding hydrogens is 866 g/mol. The van der Waals surface area contributed by atoms with Crippen LogP contribution in [-0.4, -0.2) is 95.5 Å². The summed E-state index contributed by atoms with van der Waals surface area (Å²) in [4.78, 5) is 52.9. The molecule has 16 nitrogen and oxygen atoms in total. The number of amidine groups is 1. The minimum Gasteiger partial charge on any atom is -0.381 e. The van der Waals surface area contributed by atoms with Crippen LogP contribution in [0.4, 0.5) is 10.2 Å². The number of imidazole rings is 1. The normalized spacial score (nSPS) is 21.5. The summed E-state index contributed by atoms with van der Waals surface area (Å²) in [7, 11) is 3.86. The Morgan fingerprint density at radius 3 is 2.35 bits per heavy atom. The van der Waals surface area contributed by atoms with Gasteiger partial charge in [-0.05, 0) is 124 Å². The summed E-state index contributed by atoms with van der Waals surface area (Å²) in [6.07, 6.45) is 6.58. The zero-order valence-corrected chi connectivity index (χ0v) is 39.2. The molecule has 0 bridgehead atoms. The van der Waals surface area contributed by atoms with Gasteiger partial charge in [0.15, 0.2) is 5.84 Å². The van der Waals surface area contributed by atoms with Crippen molar-refractivity contribution in [2.45, 2.75) is 84.2 Å². The number of hydroxylamine groups is 1. The highest BCUT2D eigenvalue weighted by Crippen LogP contribution is 2.54. The Bertz CT molecular complexity index is 3250. The lowest BCUT2D eigenvalue weighted by atomic mass is 9.91. The highest BCUT2D eigenvalue weighted by molar-refractivity contribution is 6.03. The first kappa shape index (κ1) is 43.6. The van der Waals surface area contributed by atoms with Crippen LogP contribution in [0.5, 0.6) is 0 Å². The molecule has 4 aliphatic rings. The molecule has 4 aromatic heterocycles. The van der Waals surface area contributed by atoms with E-state index in [1.807, 2.05) is 68.1 Å². The summed E-state index contributed by atoms with van der Waals surface area (Å²) in [5.74, 6) is 1.63. The highest BCUT2D eigenvalue weighted by atomic mass is 19.1. The number of amides is 1. The number of rotatable bonds is 9. The molecule has 7 heterocycles. The molecule has 1 aliphatic carbocycles. The van der Waals surface area contributed by atoms with Crippen LogP contribution in [0, 0.1) is 32.5 Å². The first-order chi connectivity index (χ1) is 32.7. The fourth-order valence-corrected chi connectivity index (χ4v) is 10.8. The number of nitrogens with one attached hydrogen (secondary N) is 1. The van der Waals surface area contributed by atoms with Crippen molar-refractivity contribution in [1.29, 1.82) is 0 Å². The lowest BCUT2D eigenvalue weighted by Gasteiger charge is -2.34. The zero-order chi connectivity index (χ0) is 47.3. The van der Waals surface area contributed by atoms with Gasteiger partial charge < -0.3 is 24.2 Å². The standard InChI is InChI=1S/C51H54FN11O5/c1-28-20-36(9-10-38(28)40-25-43(58(6)7)54-27-53-40)60-16-17-61(50(60)66)46-44-32(5)59(15-12-39(44)56-63(46)37-21-29(2)45(52)30(3)22-37)47(64)42-24-35-23-34(33-13-18-67-19-14-33)8-11-41(35)62(42)51(26-31(51)4)48-55-49(65)68-57-48/h8-11,16-17,20-25,27,31-33,49,65H,12-15,18-19,26H2,1-7H3,(H,55,57)/t31-,32-,49?,51-/m0/s1. The summed E-state index contributed by atoms with van der Waals surface area (Å²) < 4.78 is 27.9. The summed E-state index contributed by atoms with van der Waals surface area (Å²) >= 11 is 0. The van der Waals surface area contributed by atoms with Crippen LogP contribution in [-0.2, 0) is 21.5 Å². The van der Waals surface area contributed by atoms with E-state index < -0.39 is 18.0 Å². The SMILES string of the molecule is Cc1cc(-n2ccn(-c3c4c(nn3-c3cc(C)c(F)c(C)c3)CCN(C(=O)c3cc5cc(C6CCOCC6)ccc5n3[C@@]3(C5=NC(O)ON5)C[C@@H]3C)[C@H]4C)c2=O)ccc1-c1cc(N(C)C)ncn1. The Morgan fingerprint density at radius 1 is 0.926 bits per heavy atom. The number of fused-ring (bicyclic) bond motifs is 2. The zero-order valence-electron chi connectivity index (χ0n) is 39.2. The third kappa shape index (κ3) is 6.96. The van der Waals surface area contributed by atoms with Crippen LogP contribution < -0.4 is 16.1 Å². The molecule has 17 heteroatoms. The molecule has 350 valence electrons. The number of aliphatic imine (C=N–C) groups is 1. The molecule has 7 aromatic rings. The highest BCUT2D eigenvalue weighted by Gasteiger charge is 2.60. The van der Waals surface area contributed by atoms with E-state index in [0.29, 0.717) is 83.9 Å². The van der Waals surface area contributed by atoms with Crippen molar-refractivity contribution in [3.63, 3.8) is 0 Å². The second kappa shape index (κ2) is 16.4. The van der Waals surface area contributed by atoms with Crippen LogP contribution >= 0.6 is 0 Å². The van der Waals surface area contributed by atoms with Crippen LogP contribution in [0.3, 0.4) is 0 Å². The molecule has 0 radical (unpaired) electrons. The number of carbonyl (C=O) groups excluding carboxylic acids is 1.